The van der Waals surface area contributed by atoms with Crippen LogP contribution >= 0.6 is 0 Å². The molecule has 1 heterocycles. The number of hydrogen-bond acceptors (Lipinski definition) is 6. The highest BCUT2D eigenvalue weighted by atomic mass is 16.6. The second kappa shape index (κ2) is 6.60. The summed E-state index contributed by atoms with van der Waals surface area (Å²) in [7, 11) is 0. The number of nitrogens with zero attached hydrogens (tertiary/aromatic N) is 1. The van der Waals surface area contributed by atoms with Crippen LogP contribution in [0.1, 0.15) is 18.2 Å². The fourth-order valence-corrected chi connectivity index (χ4v) is 1.92. The molecule has 0 aliphatic rings. The van der Waals surface area contributed by atoms with Gasteiger partial charge >= 0.3 is 16.9 Å². The number of benzene rings is 1. The fraction of sp³-hybridized carbons (Fsp3) is 0.143. The van der Waals surface area contributed by atoms with Crippen molar-refractivity contribution in [3.63, 3.8) is 0 Å². The average Bonchev–Trinajstić information content (AvgIpc) is 2.47. The molecule has 120 valence electrons. The van der Waals surface area contributed by atoms with Gasteiger partial charge in [-0.1, -0.05) is 12.1 Å². The number of ether oxygens (including phenoxy) is 1. The number of phenolic OH excluding ortho intramolecular Hbond substituents is 1. The third kappa shape index (κ3) is 3.46. The van der Waals surface area contributed by atoms with Crippen molar-refractivity contribution in [2.75, 3.05) is 6.61 Å². The Morgan fingerprint density at radius 2 is 2.04 bits per heavy atom. The topological polar surface area (TPSA) is 138 Å². The highest BCUT2D eigenvalue weighted by Crippen LogP contribution is 2.31. The summed E-state index contributed by atoms with van der Waals surface area (Å²) in [5.41, 5.74) is -2.73. The minimum Gasteiger partial charge on any atom is -0.504 e. The first kappa shape index (κ1) is 16.0. The van der Waals surface area contributed by atoms with Gasteiger partial charge in [-0.3, -0.25) is 19.9 Å². The maximum atomic E-state index is 11.5. The van der Waals surface area contributed by atoms with Crippen LogP contribution in [0.3, 0.4) is 0 Å². The van der Waals surface area contributed by atoms with Gasteiger partial charge in [-0.2, -0.15) is 0 Å². The van der Waals surface area contributed by atoms with Gasteiger partial charge in [0.15, 0.2) is 11.5 Å². The molecule has 1 aromatic carbocycles. The first-order chi connectivity index (χ1) is 10.9. The van der Waals surface area contributed by atoms with Crippen LogP contribution in [0.15, 0.2) is 27.8 Å². The SMILES string of the molecule is CCOc1cccc(/C=C\c2[nH]c(=O)[nH]c(=O)c2[N+](=O)[O-])c1O. The van der Waals surface area contributed by atoms with E-state index in [1.54, 1.807) is 30.1 Å². The molecule has 9 heteroatoms. The van der Waals surface area contributed by atoms with E-state index in [9.17, 15) is 24.8 Å². The lowest BCUT2D eigenvalue weighted by Gasteiger charge is -2.07. The molecule has 3 N–H and O–H groups in total. The number of hydrogen-bond donors (Lipinski definition) is 3. The van der Waals surface area contributed by atoms with E-state index in [1.807, 2.05) is 0 Å². The van der Waals surface area contributed by atoms with E-state index in [1.165, 1.54) is 12.2 Å². The molecule has 0 saturated carbocycles. The molecule has 9 nitrogen and oxygen atoms in total. The average molecular weight is 319 g/mol. The summed E-state index contributed by atoms with van der Waals surface area (Å²) in [4.78, 5) is 36.8. The van der Waals surface area contributed by atoms with Crippen molar-refractivity contribution in [1.82, 2.24) is 9.97 Å². The molecule has 0 bridgehead atoms. The second-order valence-corrected chi connectivity index (χ2v) is 4.39. The van der Waals surface area contributed by atoms with Crippen molar-refractivity contribution < 1.29 is 14.8 Å². The quantitative estimate of drug-likeness (QED) is 0.560. The fourth-order valence-electron chi connectivity index (χ4n) is 1.92. The van der Waals surface area contributed by atoms with Crippen LogP contribution in [-0.4, -0.2) is 26.6 Å². The first-order valence-electron chi connectivity index (χ1n) is 6.58. The minimum atomic E-state index is -1.11. The van der Waals surface area contributed by atoms with Crippen LogP contribution < -0.4 is 16.0 Å². The highest BCUT2D eigenvalue weighted by molar-refractivity contribution is 5.75. The molecule has 1 aromatic heterocycles. The Balaban J connectivity index is 2.50. The van der Waals surface area contributed by atoms with Crippen LogP contribution in [0.2, 0.25) is 0 Å². The van der Waals surface area contributed by atoms with Crippen molar-refractivity contribution in [3.8, 4) is 11.5 Å². The molecule has 2 aromatic rings. The van der Waals surface area contributed by atoms with Gasteiger partial charge in [-0.05, 0) is 25.1 Å². The predicted molar refractivity (Wildman–Crippen MR) is 82.5 cm³/mol. The van der Waals surface area contributed by atoms with Gasteiger partial charge in [-0.25, -0.2) is 4.79 Å². The number of rotatable bonds is 5. The van der Waals surface area contributed by atoms with E-state index in [0.29, 0.717) is 12.2 Å². The third-order valence-corrected chi connectivity index (χ3v) is 2.89. The lowest BCUT2D eigenvalue weighted by atomic mass is 10.1. The first-order valence-corrected chi connectivity index (χ1v) is 6.58. The van der Waals surface area contributed by atoms with Gasteiger partial charge < -0.3 is 14.8 Å². The van der Waals surface area contributed by atoms with Crippen LogP contribution in [0.25, 0.3) is 12.2 Å². The molecule has 0 saturated heterocycles. The largest absolute Gasteiger partial charge is 0.504 e. The number of aromatic nitrogens is 2. The summed E-state index contributed by atoms with van der Waals surface area (Å²) >= 11 is 0. The van der Waals surface area contributed by atoms with Gasteiger partial charge in [0.2, 0.25) is 0 Å². The van der Waals surface area contributed by atoms with Gasteiger partial charge in [0.05, 0.1) is 11.5 Å². The van der Waals surface area contributed by atoms with E-state index in [4.69, 9.17) is 4.74 Å². The molecule has 0 amide bonds. The maximum Gasteiger partial charge on any atom is 0.357 e. The van der Waals surface area contributed by atoms with Gasteiger partial charge in [0.1, 0.15) is 5.69 Å². The van der Waals surface area contributed by atoms with E-state index in [-0.39, 0.29) is 17.2 Å². The Kier molecular flexibility index (Phi) is 4.60. The molecule has 2 rings (SSSR count). The zero-order valence-corrected chi connectivity index (χ0v) is 12.0. The van der Waals surface area contributed by atoms with Crippen molar-refractivity contribution >= 4 is 17.8 Å². The van der Waals surface area contributed by atoms with Crippen molar-refractivity contribution in [1.29, 1.82) is 0 Å². The maximum absolute atomic E-state index is 11.5. The highest BCUT2D eigenvalue weighted by Gasteiger charge is 2.19. The van der Waals surface area contributed by atoms with Crippen LogP contribution in [0.5, 0.6) is 11.5 Å². The summed E-state index contributed by atoms with van der Waals surface area (Å²) in [5.74, 6) is 0.101. The van der Waals surface area contributed by atoms with Gasteiger partial charge in [-0.15, -0.1) is 0 Å². The third-order valence-electron chi connectivity index (χ3n) is 2.89. The number of aromatic hydroxyl groups is 1. The number of para-hydroxylation sites is 1. The van der Waals surface area contributed by atoms with E-state index in [0.717, 1.165) is 0 Å². The smallest absolute Gasteiger partial charge is 0.357 e. The summed E-state index contributed by atoms with van der Waals surface area (Å²) in [6.07, 6.45) is 2.50. The lowest BCUT2D eigenvalue weighted by molar-refractivity contribution is -0.386. The zero-order valence-electron chi connectivity index (χ0n) is 12.0. The number of nitrogens with one attached hydrogen (secondary N) is 2. The van der Waals surface area contributed by atoms with Crippen LogP contribution in [-0.2, 0) is 0 Å². The van der Waals surface area contributed by atoms with E-state index >= 15 is 0 Å². The molecule has 0 radical (unpaired) electrons. The Bertz CT molecular complexity index is 881. The molecular formula is C14H13N3O6. The molecule has 0 unspecified atom stereocenters. The van der Waals surface area contributed by atoms with Crippen molar-refractivity contribution in [3.05, 3.63) is 60.4 Å². The van der Waals surface area contributed by atoms with Crippen molar-refractivity contribution in [2.45, 2.75) is 6.92 Å². The standard InChI is InChI=1S/C14H13N3O6/c1-2-23-10-5-3-4-8(12(10)18)6-7-9-11(17(21)22)13(19)16-14(20)15-9/h3-7,18H,2H2,1H3,(H2,15,16,19,20)/b7-6-. The summed E-state index contributed by atoms with van der Waals surface area (Å²) in [6, 6.07) is 4.73. The van der Waals surface area contributed by atoms with Gasteiger partial charge in [0, 0.05) is 5.56 Å². The molecule has 0 spiro atoms. The van der Waals surface area contributed by atoms with Crippen LogP contribution in [0.4, 0.5) is 5.69 Å². The molecule has 0 atom stereocenters. The van der Waals surface area contributed by atoms with Crippen LogP contribution in [0, 0.1) is 10.1 Å². The Hall–Kier alpha value is -3.36. The summed E-state index contributed by atoms with van der Waals surface area (Å²) < 4.78 is 5.22. The second-order valence-electron chi connectivity index (χ2n) is 4.39. The number of nitro groups is 1. The Morgan fingerprint density at radius 3 is 2.70 bits per heavy atom. The monoisotopic (exact) mass is 319 g/mol. The number of H-pyrrole nitrogens is 2. The Morgan fingerprint density at radius 1 is 1.30 bits per heavy atom. The number of aromatic amines is 2. The lowest BCUT2D eigenvalue weighted by Crippen LogP contribution is -2.25. The van der Waals surface area contributed by atoms with E-state index in [2.05, 4.69) is 4.98 Å². The molecule has 0 fully saturated rings. The molecule has 0 aliphatic carbocycles. The normalized spacial score (nSPS) is 10.8. The Labute approximate surface area is 129 Å². The molecular weight excluding hydrogens is 306 g/mol. The predicted octanol–water partition coefficient (Wildman–Crippen LogP) is 1.25. The summed E-state index contributed by atoms with van der Waals surface area (Å²) in [6.45, 7) is 2.11. The summed E-state index contributed by atoms with van der Waals surface area (Å²) in [5, 5.41) is 21.0. The van der Waals surface area contributed by atoms with Crippen molar-refractivity contribution in [2.24, 2.45) is 0 Å². The molecule has 0 aliphatic heterocycles. The van der Waals surface area contributed by atoms with E-state index < -0.39 is 21.9 Å². The minimum absolute atomic E-state index is 0.152. The zero-order chi connectivity index (χ0) is 17.0. The van der Waals surface area contributed by atoms with Gasteiger partial charge in [0.25, 0.3) is 0 Å². The number of phenols is 1. The molecule has 23 heavy (non-hydrogen) atoms.